The van der Waals surface area contributed by atoms with Crippen molar-refractivity contribution < 1.29 is 14.5 Å². The van der Waals surface area contributed by atoms with Crippen LogP contribution in [0.3, 0.4) is 0 Å². The van der Waals surface area contributed by atoms with Gasteiger partial charge in [0.25, 0.3) is 11.6 Å². The molecule has 0 aliphatic carbocycles. The first-order valence-corrected chi connectivity index (χ1v) is 8.19. The van der Waals surface area contributed by atoms with E-state index in [1.54, 1.807) is 39.0 Å². The van der Waals surface area contributed by atoms with E-state index < -0.39 is 22.4 Å². The van der Waals surface area contributed by atoms with Crippen LogP contribution in [0.15, 0.2) is 36.4 Å². The minimum atomic E-state index is -0.909. The minimum absolute atomic E-state index is 0.193. The Labute approximate surface area is 155 Å². The van der Waals surface area contributed by atoms with Gasteiger partial charge in [0.15, 0.2) is 0 Å². The number of rotatable bonds is 5. The summed E-state index contributed by atoms with van der Waals surface area (Å²) >= 11 is 5.98. The maximum atomic E-state index is 13.3. The van der Waals surface area contributed by atoms with Crippen LogP contribution in [0.25, 0.3) is 0 Å². The zero-order valence-electron chi connectivity index (χ0n) is 14.5. The van der Waals surface area contributed by atoms with E-state index in [4.69, 9.17) is 17.3 Å². The fraction of sp³-hybridized carbons (Fsp3) is 0.222. The number of nitro groups is 1. The summed E-state index contributed by atoms with van der Waals surface area (Å²) in [5.74, 6) is -1.58. The Morgan fingerprint density at radius 3 is 2.38 bits per heavy atom. The molecule has 0 bridgehead atoms. The van der Waals surface area contributed by atoms with E-state index in [1.165, 1.54) is 23.1 Å². The first kappa shape index (κ1) is 19.4. The van der Waals surface area contributed by atoms with Gasteiger partial charge in [0, 0.05) is 22.8 Å². The molecule has 0 aliphatic heterocycles. The topological polar surface area (TPSA) is 107 Å². The van der Waals surface area contributed by atoms with E-state index in [2.05, 4.69) is 0 Å². The molecule has 0 unspecified atom stereocenters. The second-order valence-corrected chi connectivity index (χ2v) is 6.46. The van der Waals surface area contributed by atoms with E-state index in [0.717, 1.165) is 5.56 Å². The van der Waals surface area contributed by atoms with E-state index in [-0.39, 0.29) is 17.2 Å². The fourth-order valence-electron chi connectivity index (χ4n) is 2.75. The van der Waals surface area contributed by atoms with Crippen LogP contribution in [0.5, 0.6) is 0 Å². The van der Waals surface area contributed by atoms with Gasteiger partial charge in [0.05, 0.1) is 10.5 Å². The molecule has 0 aliphatic rings. The van der Waals surface area contributed by atoms with Crippen molar-refractivity contribution in [2.24, 2.45) is 5.73 Å². The Hall–Kier alpha value is -2.93. The number of carbonyl (C=O) groups excluding carboxylic acids is 2. The Morgan fingerprint density at radius 1 is 1.23 bits per heavy atom. The van der Waals surface area contributed by atoms with Gasteiger partial charge >= 0.3 is 0 Å². The lowest BCUT2D eigenvalue weighted by molar-refractivity contribution is -0.385. The molecule has 0 saturated heterocycles. The monoisotopic (exact) mass is 375 g/mol. The Morgan fingerprint density at radius 2 is 1.88 bits per heavy atom. The highest BCUT2D eigenvalue weighted by molar-refractivity contribution is 6.30. The molecule has 2 aromatic rings. The molecule has 2 aromatic carbocycles. The average Bonchev–Trinajstić information content (AvgIpc) is 2.55. The number of primary amides is 1. The predicted octanol–water partition coefficient (Wildman–Crippen LogP) is 3.71. The van der Waals surface area contributed by atoms with Crippen molar-refractivity contribution >= 4 is 34.8 Å². The number of amides is 2. The number of carbonyl (C=O) groups is 2. The third-order valence-corrected chi connectivity index (χ3v) is 4.11. The van der Waals surface area contributed by atoms with Gasteiger partial charge in [0.1, 0.15) is 5.56 Å². The van der Waals surface area contributed by atoms with Crippen molar-refractivity contribution in [1.82, 2.24) is 0 Å². The second kappa shape index (κ2) is 7.53. The molecule has 0 fully saturated rings. The number of hydrogen-bond donors (Lipinski definition) is 1. The van der Waals surface area contributed by atoms with Gasteiger partial charge in [0.2, 0.25) is 5.91 Å². The summed E-state index contributed by atoms with van der Waals surface area (Å²) in [6.45, 7) is 5.31. The average molecular weight is 376 g/mol. The van der Waals surface area contributed by atoms with Crippen LogP contribution in [0, 0.1) is 17.0 Å². The molecule has 0 saturated carbocycles. The molecule has 2 amide bonds. The van der Waals surface area contributed by atoms with Gasteiger partial charge in [-0.1, -0.05) is 17.7 Å². The van der Waals surface area contributed by atoms with E-state index in [0.29, 0.717) is 10.7 Å². The molecular weight excluding hydrogens is 358 g/mol. The molecule has 8 heteroatoms. The van der Waals surface area contributed by atoms with Gasteiger partial charge < -0.3 is 10.6 Å². The Bertz CT molecular complexity index is 864. The molecular formula is C18H18ClN3O4. The van der Waals surface area contributed by atoms with Gasteiger partial charge in [-0.2, -0.15) is 0 Å². The summed E-state index contributed by atoms with van der Waals surface area (Å²) in [5, 5.41) is 11.9. The number of hydrogen-bond acceptors (Lipinski definition) is 4. The van der Waals surface area contributed by atoms with Gasteiger partial charge in [-0.3, -0.25) is 19.7 Å². The molecule has 136 valence electrons. The van der Waals surface area contributed by atoms with Crippen molar-refractivity contribution in [3.63, 3.8) is 0 Å². The first-order valence-electron chi connectivity index (χ1n) is 7.82. The quantitative estimate of drug-likeness (QED) is 0.634. The summed E-state index contributed by atoms with van der Waals surface area (Å²) in [7, 11) is 0. The number of nitro benzene ring substituents is 1. The lowest BCUT2D eigenvalue weighted by atomic mass is 10.0. The minimum Gasteiger partial charge on any atom is -0.366 e. The largest absolute Gasteiger partial charge is 0.366 e. The van der Waals surface area contributed by atoms with Crippen LogP contribution >= 0.6 is 11.6 Å². The fourth-order valence-corrected chi connectivity index (χ4v) is 2.98. The highest BCUT2D eigenvalue weighted by Gasteiger charge is 2.32. The summed E-state index contributed by atoms with van der Waals surface area (Å²) in [6.07, 6.45) is 0. The summed E-state index contributed by atoms with van der Waals surface area (Å²) in [6, 6.07) is 8.44. The van der Waals surface area contributed by atoms with Crippen molar-refractivity contribution in [1.29, 1.82) is 0 Å². The maximum absolute atomic E-state index is 13.3. The SMILES string of the molecule is Cc1cc(Cl)ccc1N(C(=O)c1c(C(N)=O)cccc1[N+](=O)[O-])C(C)C. The second-order valence-electron chi connectivity index (χ2n) is 6.02. The predicted molar refractivity (Wildman–Crippen MR) is 99.7 cm³/mol. The van der Waals surface area contributed by atoms with E-state index in [1.807, 2.05) is 0 Å². The summed E-state index contributed by atoms with van der Waals surface area (Å²) in [5.41, 5.74) is 5.61. The molecule has 26 heavy (non-hydrogen) atoms. The van der Waals surface area contributed by atoms with Crippen LogP contribution in [-0.2, 0) is 0 Å². The third kappa shape index (κ3) is 3.67. The van der Waals surface area contributed by atoms with Crippen LogP contribution in [-0.4, -0.2) is 22.8 Å². The lowest BCUT2D eigenvalue weighted by Crippen LogP contribution is -2.39. The first-order chi connectivity index (χ1) is 12.1. The standard InChI is InChI=1S/C18H18ClN3O4/c1-10(2)21(14-8-7-12(19)9-11(14)3)18(24)16-13(17(20)23)5-4-6-15(16)22(25)26/h4-10H,1-3H3,(H2,20,23). The van der Waals surface area contributed by atoms with Crippen LogP contribution in [0.2, 0.25) is 5.02 Å². The molecule has 2 N–H and O–H groups in total. The van der Waals surface area contributed by atoms with Crippen LogP contribution in [0.1, 0.15) is 40.1 Å². The summed E-state index contributed by atoms with van der Waals surface area (Å²) in [4.78, 5) is 37.1. The smallest absolute Gasteiger partial charge is 0.282 e. The highest BCUT2D eigenvalue weighted by Crippen LogP contribution is 2.30. The number of benzene rings is 2. The van der Waals surface area contributed by atoms with E-state index >= 15 is 0 Å². The number of halogens is 1. The van der Waals surface area contributed by atoms with Crippen molar-refractivity contribution in [2.45, 2.75) is 26.8 Å². The molecule has 0 aromatic heterocycles. The molecule has 0 radical (unpaired) electrons. The van der Waals surface area contributed by atoms with Crippen LogP contribution in [0.4, 0.5) is 11.4 Å². The molecule has 0 atom stereocenters. The van der Waals surface area contributed by atoms with E-state index in [9.17, 15) is 19.7 Å². The highest BCUT2D eigenvalue weighted by atomic mass is 35.5. The molecule has 0 spiro atoms. The molecule has 7 nitrogen and oxygen atoms in total. The van der Waals surface area contributed by atoms with Gasteiger partial charge in [-0.15, -0.1) is 0 Å². The molecule has 2 rings (SSSR count). The third-order valence-electron chi connectivity index (χ3n) is 3.87. The Balaban J connectivity index is 2.71. The zero-order valence-corrected chi connectivity index (χ0v) is 15.3. The van der Waals surface area contributed by atoms with Crippen molar-refractivity contribution in [3.8, 4) is 0 Å². The number of nitrogens with zero attached hydrogens (tertiary/aromatic N) is 2. The van der Waals surface area contributed by atoms with Crippen LogP contribution < -0.4 is 10.6 Å². The number of anilines is 1. The van der Waals surface area contributed by atoms with Gasteiger partial charge in [-0.25, -0.2) is 0 Å². The van der Waals surface area contributed by atoms with Crippen molar-refractivity contribution in [2.75, 3.05) is 4.90 Å². The zero-order chi connectivity index (χ0) is 19.6. The normalized spacial score (nSPS) is 10.7. The molecule has 0 heterocycles. The van der Waals surface area contributed by atoms with Crippen molar-refractivity contribution in [3.05, 3.63) is 68.2 Å². The maximum Gasteiger partial charge on any atom is 0.282 e. The Kier molecular flexibility index (Phi) is 5.62. The lowest BCUT2D eigenvalue weighted by Gasteiger charge is -2.29. The number of nitrogens with two attached hydrogens (primary N) is 1. The number of aryl methyl sites for hydroxylation is 1. The van der Waals surface area contributed by atoms with Gasteiger partial charge in [-0.05, 0) is 50.6 Å². The summed E-state index contributed by atoms with van der Waals surface area (Å²) < 4.78 is 0.